The number of carbonyl (C=O) groups is 1. The fourth-order valence-corrected chi connectivity index (χ4v) is 8.61. The highest BCUT2D eigenvalue weighted by Gasteiger charge is 2.16. The second kappa shape index (κ2) is 16.9. The second-order valence-electron chi connectivity index (χ2n) is 15.8. The molecule has 62 heavy (non-hydrogen) atoms. The number of anilines is 3. The molecule has 0 saturated heterocycles. The van der Waals surface area contributed by atoms with Crippen molar-refractivity contribution in [2.45, 2.75) is 6.92 Å². The summed E-state index contributed by atoms with van der Waals surface area (Å²) in [6.45, 7) is 2.00. The first-order valence-electron chi connectivity index (χ1n) is 21.1. The molecule has 10 rings (SSSR count). The van der Waals surface area contributed by atoms with Crippen molar-refractivity contribution in [1.29, 1.82) is 0 Å². The number of rotatable bonds is 10. The Morgan fingerprint density at radius 2 is 0.774 bits per heavy atom. The summed E-state index contributed by atoms with van der Waals surface area (Å²) in [5.74, 6) is 0.00323. The van der Waals surface area contributed by atoms with Gasteiger partial charge in [0.05, 0.1) is 0 Å². The lowest BCUT2D eigenvalue weighted by atomic mass is 9.94. The van der Waals surface area contributed by atoms with Crippen LogP contribution < -0.4 is 4.90 Å². The van der Waals surface area contributed by atoms with Gasteiger partial charge in [0, 0.05) is 22.6 Å². The Morgan fingerprint density at radius 3 is 1.31 bits per heavy atom. The first-order chi connectivity index (χ1) is 30.6. The van der Waals surface area contributed by atoms with E-state index in [4.69, 9.17) is 0 Å². The van der Waals surface area contributed by atoms with Gasteiger partial charge in [0.25, 0.3) is 0 Å². The van der Waals surface area contributed by atoms with Crippen LogP contribution in [-0.2, 0) is 0 Å². The molecule has 2 heteroatoms. The third kappa shape index (κ3) is 7.74. The second-order valence-corrected chi connectivity index (χ2v) is 15.8. The molecule has 10 aromatic rings. The topological polar surface area (TPSA) is 20.3 Å². The van der Waals surface area contributed by atoms with Crippen LogP contribution in [0.1, 0.15) is 21.5 Å². The van der Waals surface area contributed by atoms with E-state index in [9.17, 15) is 4.79 Å². The molecule has 0 unspecified atom stereocenters. The SMILES string of the molecule is Cc1cc2ccccc2cc1C(=O)/C=C\c1ccc2cc(N(c3ccc(-c4ccccc4-c4ccccc4)cc3)c3ccc(-c4ccccc4-c4ccccc4)cc3)ccc2c1. The highest BCUT2D eigenvalue weighted by Crippen LogP contribution is 2.40. The average molecular weight is 794 g/mol. The summed E-state index contributed by atoms with van der Waals surface area (Å²) in [6.07, 6.45) is 3.61. The maximum atomic E-state index is 13.4. The number of nitrogens with zero attached hydrogens (tertiary/aromatic N) is 1. The van der Waals surface area contributed by atoms with Crippen LogP contribution in [0.4, 0.5) is 17.1 Å². The normalized spacial score (nSPS) is 11.3. The molecule has 0 aliphatic carbocycles. The Hall–Kier alpha value is -8.07. The molecular weight excluding hydrogens is 751 g/mol. The lowest BCUT2D eigenvalue weighted by molar-refractivity contribution is 0.104. The molecule has 0 spiro atoms. The maximum Gasteiger partial charge on any atom is 0.186 e. The predicted molar refractivity (Wildman–Crippen MR) is 262 cm³/mol. The number of aryl methyl sites for hydroxylation is 1. The van der Waals surface area contributed by atoms with Crippen molar-refractivity contribution < 1.29 is 4.79 Å². The van der Waals surface area contributed by atoms with E-state index in [0.29, 0.717) is 0 Å². The summed E-state index contributed by atoms with van der Waals surface area (Å²) in [4.78, 5) is 15.7. The molecule has 0 heterocycles. The van der Waals surface area contributed by atoms with Crippen LogP contribution in [0, 0.1) is 6.92 Å². The Labute approximate surface area is 363 Å². The molecule has 0 fully saturated rings. The van der Waals surface area contributed by atoms with E-state index >= 15 is 0 Å². The Bertz CT molecular complexity index is 3110. The Balaban J connectivity index is 0.998. The van der Waals surface area contributed by atoms with Gasteiger partial charge in [-0.3, -0.25) is 4.79 Å². The van der Waals surface area contributed by atoms with Crippen LogP contribution in [-0.4, -0.2) is 5.78 Å². The van der Waals surface area contributed by atoms with Crippen molar-refractivity contribution in [2.24, 2.45) is 0 Å². The van der Waals surface area contributed by atoms with E-state index in [1.54, 1.807) is 6.08 Å². The maximum absolute atomic E-state index is 13.4. The van der Waals surface area contributed by atoms with Crippen molar-refractivity contribution in [2.75, 3.05) is 4.90 Å². The van der Waals surface area contributed by atoms with E-state index in [-0.39, 0.29) is 5.78 Å². The summed E-state index contributed by atoms with van der Waals surface area (Å²) in [5, 5.41) is 4.43. The molecular formula is C60H43NO. The van der Waals surface area contributed by atoms with Crippen molar-refractivity contribution in [3.63, 3.8) is 0 Å². The molecule has 0 radical (unpaired) electrons. The molecule has 0 aliphatic rings. The van der Waals surface area contributed by atoms with Gasteiger partial charge >= 0.3 is 0 Å². The number of fused-ring (bicyclic) bond motifs is 2. The minimum atomic E-state index is 0.00323. The molecule has 2 nitrogen and oxygen atoms in total. The van der Waals surface area contributed by atoms with Crippen LogP contribution >= 0.6 is 0 Å². The molecule has 0 atom stereocenters. The number of allylic oxidation sites excluding steroid dienone is 1. The molecule has 10 aromatic carbocycles. The fourth-order valence-electron chi connectivity index (χ4n) is 8.61. The fraction of sp³-hybridized carbons (Fsp3) is 0.0167. The van der Waals surface area contributed by atoms with Crippen molar-refractivity contribution in [3.8, 4) is 44.5 Å². The summed E-state index contributed by atoms with van der Waals surface area (Å²) in [5.41, 5.74) is 15.4. The van der Waals surface area contributed by atoms with Gasteiger partial charge in [-0.1, -0.05) is 188 Å². The molecule has 294 valence electrons. The lowest BCUT2D eigenvalue weighted by Gasteiger charge is -2.26. The van der Waals surface area contributed by atoms with Crippen molar-refractivity contribution in [3.05, 3.63) is 253 Å². The largest absolute Gasteiger partial charge is 0.310 e. The zero-order chi connectivity index (χ0) is 41.8. The minimum Gasteiger partial charge on any atom is -0.310 e. The quantitative estimate of drug-likeness (QED) is 0.102. The van der Waals surface area contributed by atoms with Crippen LogP contribution in [0.25, 0.3) is 72.1 Å². The van der Waals surface area contributed by atoms with Gasteiger partial charge in [0.15, 0.2) is 5.78 Å². The van der Waals surface area contributed by atoms with E-state index in [0.717, 1.165) is 66.4 Å². The molecule has 0 N–H and O–H groups in total. The monoisotopic (exact) mass is 793 g/mol. The van der Waals surface area contributed by atoms with Gasteiger partial charge in [-0.15, -0.1) is 0 Å². The molecule has 0 aliphatic heterocycles. The minimum absolute atomic E-state index is 0.00323. The smallest absolute Gasteiger partial charge is 0.186 e. The zero-order valence-electron chi connectivity index (χ0n) is 34.4. The Kier molecular flexibility index (Phi) is 10.4. The van der Waals surface area contributed by atoms with E-state index in [2.05, 4.69) is 217 Å². The van der Waals surface area contributed by atoms with E-state index in [1.165, 1.54) is 33.4 Å². The van der Waals surface area contributed by atoms with E-state index < -0.39 is 0 Å². The molecule has 0 saturated carbocycles. The van der Waals surface area contributed by atoms with Gasteiger partial charge in [-0.2, -0.15) is 0 Å². The van der Waals surface area contributed by atoms with Gasteiger partial charge in [0.2, 0.25) is 0 Å². The zero-order valence-corrected chi connectivity index (χ0v) is 34.4. The third-order valence-corrected chi connectivity index (χ3v) is 11.8. The van der Waals surface area contributed by atoms with Gasteiger partial charge < -0.3 is 4.90 Å². The first kappa shape index (κ1) is 38.2. The molecule has 0 bridgehead atoms. The van der Waals surface area contributed by atoms with Crippen LogP contribution in [0.5, 0.6) is 0 Å². The van der Waals surface area contributed by atoms with Gasteiger partial charge in [-0.05, 0) is 139 Å². The number of hydrogen-bond donors (Lipinski definition) is 0. The van der Waals surface area contributed by atoms with Gasteiger partial charge in [-0.25, -0.2) is 0 Å². The summed E-state index contributed by atoms with van der Waals surface area (Å²) in [6, 6.07) is 81.5. The summed E-state index contributed by atoms with van der Waals surface area (Å²) in [7, 11) is 0. The number of benzene rings is 10. The first-order valence-corrected chi connectivity index (χ1v) is 21.1. The molecule has 0 aromatic heterocycles. The van der Waals surface area contributed by atoms with Crippen molar-refractivity contribution >= 4 is 50.5 Å². The molecule has 0 amide bonds. The number of carbonyl (C=O) groups excluding carboxylic acids is 1. The standard InChI is InChI=1S/C60H43NO/c1-42-38-48-18-8-9-19-49(48)41-59(42)60(62)37-25-43-24-26-51-40-54(36-31-50(51)39-43)61(52-32-27-46(28-33-52)57-22-12-10-20-55(57)44-14-4-2-5-15-44)53-34-29-47(30-35-53)58-23-13-11-21-56(58)45-16-6-3-7-17-45/h2-41H,1H3/b37-25-. The van der Waals surface area contributed by atoms with Crippen LogP contribution in [0.3, 0.4) is 0 Å². The van der Waals surface area contributed by atoms with Crippen molar-refractivity contribution in [1.82, 2.24) is 0 Å². The van der Waals surface area contributed by atoms with Gasteiger partial charge in [0.1, 0.15) is 0 Å². The van der Waals surface area contributed by atoms with E-state index in [1.807, 2.05) is 31.2 Å². The Morgan fingerprint density at radius 1 is 0.371 bits per heavy atom. The average Bonchev–Trinajstić information content (AvgIpc) is 3.34. The number of hydrogen-bond acceptors (Lipinski definition) is 2. The third-order valence-electron chi connectivity index (χ3n) is 11.8. The lowest BCUT2D eigenvalue weighted by Crippen LogP contribution is -2.10. The summed E-state index contributed by atoms with van der Waals surface area (Å²) >= 11 is 0. The highest BCUT2D eigenvalue weighted by atomic mass is 16.1. The predicted octanol–water partition coefficient (Wildman–Crippen LogP) is 16.3. The summed E-state index contributed by atoms with van der Waals surface area (Å²) < 4.78 is 0. The highest BCUT2D eigenvalue weighted by molar-refractivity contribution is 6.10. The van der Waals surface area contributed by atoms with Crippen LogP contribution in [0.2, 0.25) is 0 Å². The number of ketones is 1. The van der Waals surface area contributed by atoms with Crippen LogP contribution in [0.15, 0.2) is 237 Å².